The fraction of sp³-hybridized carbons (Fsp3) is 1.00. The van der Waals surface area contributed by atoms with Crippen molar-refractivity contribution in [2.75, 3.05) is 13.2 Å². The fourth-order valence-corrected chi connectivity index (χ4v) is 4.02. The van der Waals surface area contributed by atoms with Gasteiger partial charge in [0.2, 0.25) is 0 Å². The van der Waals surface area contributed by atoms with Crippen molar-refractivity contribution in [2.24, 2.45) is 11.3 Å². The summed E-state index contributed by atoms with van der Waals surface area (Å²) in [5.74, 6) is 0.534. The first-order chi connectivity index (χ1) is 8.89. The molecule has 2 rings (SSSR count). The van der Waals surface area contributed by atoms with Gasteiger partial charge in [-0.2, -0.15) is 0 Å². The molecule has 3 atom stereocenters. The Balaban J connectivity index is 1.81. The lowest BCUT2D eigenvalue weighted by molar-refractivity contribution is -0.175. The molecule has 3 nitrogen and oxygen atoms in total. The van der Waals surface area contributed by atoms with E-state index >= 15 is 0 Å². The van der Waals surface area contributed by atoms with Gasteiger partial charge in [0, 0.05) is 24.6 Å². The lowest BCUT2D eigenvalue weighted by atomic mass is 9.51. The largest absolute Gasteiger partial charge is 0.389 e. The second-order valence-electron chi connectivity index (χ2n) is 7.29. The minimum Gasteiger partial charge on any atom is -0.389 e. The predicted octanol–water partition coefficient (Wildman–Crippen LogP) is 2.72. The Bertz CT molecular complexity index is 297. The standard InChI is InChI=1S/C16H31NO2/c1-5-19-14-9-13(16(14)7-6-8-16)17-11-15(4,18)10-12(2)3/h12-14,17-18H,5-11H2,1-4H3. The van der Waals surface area contributed by atoms with E-state index in [1.54, 1.807) is 0 Å². The van der Waals surface area contributed by atoms with Crippen LogP contribution in [0.2, 0.25) is 0 Å². The molecule has 0 aromatic heterocycles. The van der Waals surface area contributed by atoms with Gasteiger partial charge in [0.1, 0.15) is 0 Å². The first-order valence-electron chi connectivity index (χ1n) is 7.97. The van der Waals surface area contributed by atoms with Crippen molar-refractivity contribution in [1.82, 2.24) is 5.32 Å². The summed E-state index contributed by atoms with van der Waals surface area (Å²) in [7, 11) is 0. The molecule has 2 aliphatic carbocycles. The van der Waals surface area contributed by atoms with E-state index in [4.69, 9.17) is 4.74 Å². The molecule has 112 valence electrons. The number of hydrogen-bond acceptors (Lipinski definition) is 3. The van der Waals surface area contributed by atoms with Crippen LogP contribution in [-0.4, -0.2) is 36.0 Å². The molecule has 1 spiro atoms. The monoisotopic (exact) mass is 269 g/mol. The topological polar surface area (TPSA) is 41.5 Å². The highest BCUT2D eigenvalue weighted by atomic mass is 16.5. The maximum Gasteiger partial charge on any atom is 0.0746 e. The van der Waals surface area contributed by atoms with Crippen molar-refractivity contribution in [3.05, 3.63) is 0 Å². The molecule has 0 saturated heterocycles. The molecule has 2 fully saturated rings. The summed E-state index contributed by atoms with van der Waals surface area (Å²) in [4.78, 5) is 0. The van der Waals surface area contributed by atoms with Gasteiger partial charge in [0.25, 0.3) is 0 Å². The normalized spacial score (nSPS) is 31.9. The molecule has 0 bridgehead atoms. The minimum atomic E-state index is -0.587. The third kappa shape index (κ3) is 3.14. The average molecular weight is 269 g/mol. The SMILES string of the molecule is CCOC1CC(NCC(C)(O)CC(C)C)C12CCC2. The van der Waals surface area contributed by atoms with Gasteiger partial charge in [-0.15, -0.1) is 0 Å². The Morgan fingerprint density at radius 3 is 2.58 bits per heavy atom. The molecule has 0 aliphatic heterocycles. The van der Waals surface area contributed by atoms with Gasteiger partial charge >= 0.3 is 0 Å². The van der Waals surface area contributed by atoms with Gasteiger partial charge in [-0.25, -0.2) is 0 Å². The van der Waals surface area contributed by atoms with Crippen molar-refractivity contribution >= 4 is 0 Å². The lowest BCUT2D eigenvalue weighted by Gasteiger charge is -2.61. The summed E-state index contributed by atoms with van der Waals surface area (Å²) in [6.45, 7) is 9.89. The van der Waals surface area contributed by atoms with E-state index in [9.17, 15) is 5.11 Å². The molecule has 2 N–H and O–H groups in total. The minimum absolute atomic E-state index is 0.393. The number of rotatable bonds is 7. The van der Waals surface area contributed by atoms with Crippen LogP contribution in [0.1, 0.15) is 59.8 Å². The molecule has 3 heteroatoms. The number of aliphatic hydroxyl groups is 1. The molecule has 3 unspecified atom stereocenters. The summed E-state index contributed by atoms with van der Waals surface area (Å²) in [6, 6.07) is 0.552. The zero-order valence-electron chi connectivity index (χ0n) is 13.0. The van der Waals surface area contributed by atoms with Crippen molar-refractivity contribution in [2.45, 2.75) is 77.5 Å². The van der Waals surface area contributed by atoms with E-state index in [-0.39, 0.29) is 0 Å². The Morgan fingerprint density at radius 1 is 1.42 bits per heavy atom. The van der Waals surface area contributed by atoms with Gasteiger partial charge in [0.15, 0.2) is 0 Å². The molecule has 0 aromatic rings. The molecule has 0 heterocycles. The molecule has 0 radical (unpaired) electrons. The third-order valence-electron chi connectivity index (χ3n) is 5.01. The highest BCUT2D eigenvalue weighted by molar-refractivity contribution is 5.12. The zero-order chi connectivity index (χ0) is 14.1. The predicted molar refractivity (Wildman–Crippen MR) is 78.2 cm³/mol. The van der Waals surface area contributed by atoms with Crippen LogP contribution < -0.4 is 5.32 Å². The van der Waals surface area contributed by atoms with E-state index in [1.165, 1.54) is 19.3 Å². The van der Waals surface area contributed by atoms with Crippen LogP contribution in [0.25, 0.3) is 0 Å². The quantitative estimate of drug-likeness (QED) is 0.746. The summed E-state index contributed by atoms with van der Waals surface area (Å²) < 4.78 is 5.86. The van der Waals surface area contributed by atoms with Crippen molar-refractivity contribution < 1.29 is 9.84 Å². The molecule has 0 aromatic carbocycles. The van der Waals surface area contributed by atoms with Crippen molar-refractivity contribution in [3.8, 4) is 0 Å². The van der Waals surface area contributed by atoms with E-state index in [2.05, 4.69) is 26.1 Å². The number of hydrogen-bond donors (Lipinski definition) is 2. The Labute approximate surface area is 118 Å². The second-order valence-corrected chi connectivity index (χ2v) is 7.29. The van der Waals surface area contributed by atoms with E-state index < -0.39 is 5.60 Å². The van der Waals surface area contributed by atoms with Crippen LogP contribution in [-0.2, 0) is 4.74 Å². The Kier molecular flexibility index (Phi) is 4.59. The van der Waals surface area contributed by atoms with Gasteiger partial charge in [-0.3, -0.25) is 0 Å². The Morgan fingerprint density at radius 2 is 2.11 bits per heavy atom. The van der Waals surface area contributed by atoms with Gasteiger partial charge in [0.05, 0.1) is 11.7 Å². The molecule has 0 amide bonds. The highest BCUT2D eigenvalue weighted by Crippen LogP contribution is 2.57. The molecule has 2 aliphatic rings. The lowest BCUT2D eigenvalue weighted by Crippen LogP contribution is -2.68. The van der Waals surface area contributed by atoms with Crippen LogP contribution in [0.15, 0.2) is 0 Å². The van der Waals surface area contributed by atoms with Gasteiger partial charge in [-0.05, 0) is 45.4 Å². The van der Waals surface area contributed by atoms with Crippen LogP contribution in [0.3, 0.4) is 0 Å². The third-order valence-corrected chi connectivity index (χ3v) is 5.01. The van der Waals surface area contributed by atoms with Crippen LogP contribution in [0.4, 0.5) is 0 Å². The molecular weight excluding hydrogens is 238 g/mol. The summed E-state index contributed by atoms with van der Waals surface area (Å²) in [5, 5.41) is 14.0. The van der Waals surface area contributed by atoms with Crippen molar-refractivity contribution in [3.63, 3.8) is 0 Å². The molecule has 2 saturated carbocycles. The Hall–Kier alpha value is -0.120. The molecular formula is C16H31NO2. The fourth-order valence-electron chi connectivity index (χ4n) is 4.02. The summed E-state index contributed by atoms with van der Waals surface area (Å²) >= 11 is 0. The van der Waals surface area contributed by atoms with Crippen LogP contribution in [0, 0.1) is 11.3 Å². The molecule has 19 heavy (non-hydrogen) atoms. The average Bonchev–Trinajstić information content (AvgIpc) is 2.17. The zero-order valence-corrected chi connectivity index (χ0v) is 13.0. The highest BCUT2D eigenvalue weighted by Gasteiger charge is 2.58. The van der Waals surface area contributed by atoms with Crippen molar-refractivity contribution in [1.29, 1.82) is 0 Å². The maximum atomic E-state index is 10.4. The summed E-state index contributed by atoms with van der Waals surface area (Å²) in [6.07, 6.45) is 6.35. The van der Waals surface area contributed by atoms with E-state index in [0.29, 0.717) is 30.0 Å². The second kappa shape index (κ2) is 5.71. The number of ether oxygens (including phenoxy) is 1. The summed E-state index contributed by atoms with van der Waals surface area (Å²) in [5.41, 5.74) is -0.195. The first-order valence-corrected chi connectivity index (χ1v) is 7.97. The van der Waals surface area contributed by atoms with E-state index in [1.807, 2.05) is 6.92 Å². The van der Waals surface area contributed by atoms with Gasteiger partial charge < -0.3 is 15.2 Å². The van der Waals surface area contributed by atoms with Crippen LogP contribution >= 0.6 is 0 Å². The smallest absolute Gasteiger partial charge is 0.0746 e. The maximum absolute atomic E-state index is 10.4. The number of nitrogens with one attached hydrogen (secondary N) is 1. The van der Waals surface area contributed by atoms with E-state index in [0.717, 1.165) is 19.4 Å². The first kappa shape index (κ1) is 15.3. The van der Waals surface area contributed by atoms with Gasteiger partial charge in [-0.1, -0.05) is 20.3 Å². The van der Waals surface area contributed by atoms with Crippen LogP contribution in [0.5, 0.6) is 0 Å².